The van der Waals surface area contributed by atoms with Crippen molar-refractivity contribution in [2.24, 2.45) is 5.92 Å². The third-order valence-electron chi connectivity index (χ3n) is 3.56. The van der Waals surface area contributed by atoms with Gasteiger partial charge < -0.3 is 19.8 Å². The summed E-state index contributed by atoms with van der Waals surface area (Å²) in [6, 6.07) is 2.07. The third kappa shape index (κ3) is 3.78. The molecule has 6 nitrogen and oxygen atoms in total. The summed E-state index contributed by atoms with van der Waals surface area (Å²) in [5.41, 5.74) is -0.0383. The molecule has 0 aromatic carbocycles. The van der Waals surface area contributed by atoms with Crippen LogP contribution in [0.25, 0.3) is 0 Å². The topological polar surface area (TPSA) is 78.6 Å². The maximum Gasteiger partial charge on any atom is 0.358 e. The molecule has 0 radical (unpaired) electrons. The van der Waals surface area contributed by atoms with Crippen LogP contribution in [0.5, 0.6) is 0 Å². The average molecular weight is 267 g/mol. The molecule has 1 saturated heterocycles. The van der Waals surface area contributed by atoms with Crippen molar-refractivity contribution in [3.05, 3.63) is 17.5 Å². The van der Waals surface area contributed by atoms with Crippen molar-refractivity contribution in [3.8, 4) is 0 Å². The number of likely N-dealkylation sites (tertiary alicyclic amines) is 1. The predicted molar refractivity (Wildman–Crippen MR) is 70.0 cm³/mol. The lowest BCUT2D eigenvalue weighted by Crippen LogP contribution is -2.30. The molecule has 1 aromatic heterocycles. The molecule has 2 heterocycles. The van der Waals surface area contributed by atoms with E-state index >= 15 is 0 Å². The first kappa shape index (κ1) is 14.0. The van der Waals surface area contributed by atoms with Gasteiger partial charge in [-0.05, 0) is 39.3 Å². The Hall–Kier alpha value is -1.40. The molecule has 0 spiro atoms. The van der Waals surface area contributed by atoms with Gasteiger partial charge in [-0.15, -0.1) is 0 Å². The first-order chi connectivity index (χ1) is 9.06. The quantitative estimate of drug-likeness (QED) is 0.806. The molecule has 1 aliphatic heterocycles. The van der Waals surface area contributed by atoms with E-state index < -0.39 is 5.97 Å². The summed E-state index contributed by atoms with van der Waals surface area (Å²) in [4.78, 5) is 13.1. The van der Waals surface area contributed by atoms with Crippen LogP contribution in [0, 0.1) is 5.92 Å². The van der Waals surface area contributed by atoms with Gasteiger partial charge in [-0.1, -0.05) is 5.16 Å². The maximum absolute atomic E-state index is 10.6. The second-order valence-corrected chi connectivity index (χ2v) is 5.36. The molecule has 19 heavy (non-hydrogen) atoms. The predicted octanol–water partition coefficient (Wildman–Crippen LogP) is 1.19. The molecular weight excluding hydrogens is 246 g/mol. The van der Waals surface area contributed by atoms with Gasteiger partial charge in [0, 0.05) is 18.7 Å². The monoisotopic (exact) mass is 267 g/mol. The summed E-state index contributed by atoms with van der Waals surface area (Å²) >= 11 is 0. The standard InChI is InChI=1S/C13H21N3O3/c1-9(2)16-4-3-10(8-16)6-14-7-11-5-12(13(17)18)15-19-11/h5,9-10,14H,3-4,6-8H2,1-2H3,(H,17,18). The van der Waals surface area contributed by atoms with Crippen LogP contribution in [-0.2, 0) is 6.54 Å². The lowest BCUT2D eigenvalue weighted by atomic mass is 10.1. The highest BCUT2D eigenvalue weighted by molar-refractivity contribution is 5.85. The first-order valence-electron chi connectivity index (χ1n) is 6.70. The summed E-state index contributed by atoms with van der Waals surface area (Å²) in [6.07, 6.45) is 1.21. The van der Waals surface area contributed by atoms with Gasteiger partial charge in [0.05, 0.1) is 6.54 Å². The van der Waals surface area contributed by atoms with E-state index in [9.17, 15) is 4.79 Å². The van der Waals surface area contributed by atoms with Gasteiger partial charge in [0.25, 0.3) is 0 Å². The van der Waals surface area contributed by atoms with Gasteiger partial charge in [0.1, 0.15) is 0 Å². The zero-order valence-corrected chi connectivity index (χ0v) is 11.4. The number of aromatic nitrogens is 1. The lowest BCUT2D eigenvalue weighted by Gasteiger charge is -2.20. The van der Waals surface area contributed by atoms with Crippen molar-refractivity contribution in [1.82, 2.24) is 15.4 Å². The summed E-state index contributed by atoms with van der Waals surface area (Å²) in [7, 11) is 0. The Bertz CT molecular complexity index is 431. The molecule has 2 N–H and O–H groups in total. The molecule has 6 heteroatoms. The van der Waals surface area contributed by atoms with E-state index in [1.165, 1.54) is 12.5 Å². The van der Waals surface area contributed by atoms with Crippen molar-refractivity contribution >= 4 is 5.97 Å². The molecule has 1 aliphatic rings. The Morgan fingerprint density at radius 3 is 3.05 bits per heavy atom. The number of nitrogens with zero attached hydrogens (tertiary/aromatic N) is 2. The number of aromatic carboxylic acids is 1. The highest BCUT2D eigenvalue weighted by Crippen LogP contribution is 2.17. The Labute approximate surface area is 112 Å². The van der Waals surface area contributed by atoms with Crippen LogP contribution in [0.3, 0.4) is 0 Å². The number of carbonyl (C=O) groups is 1. The van der Waals surface area contributed by atoms with E-state index in [2.05, 4.69) is 29.2 Å². The first-order valence-corrected chi connectivity index (χ1v) is 6.70. The van der Waals surface area contributed by atoms with Crippen molar-refractivity contribution in [2.45, 2.75) is 32.9 Å². The number of hydrogen-bond donors (Lipinski definition) is 2. The van der Waals surface area contributed by atoms with E-state index in [-0.39, 0.29) is 5.69 Å². The van der Waals surface area contributed by atoms with Gasteiger partial charge in [0.2, 0.25) is 0 Å². The molecule has 1 aromatic rings. The largest absolute Gasteiger partial charge is 0.476 e. The Morgan fingerprint density at radius 2 is 2.47 bits per heavy atom. The molecule has 0 saturated carbocycles. The van der Waals surface area contributed by atoms with Crippen LogP contribution in [-0.4, -0.2) is 46.8 Å². The molecule has 1 unspecified atom stereocenters. The minimum Gasteiger partial charge on any atom is -0.476 e. The number of nitrogens with one attached hydrogen (secondary N) is 1. The van der Waals surface area contributed by atoms with E-state index in [1.54, 1.807) is 0 Å². The fraction of sp³-hybridized carbons (Fsp3) is 0.692. The molecular formula is C13H21N3O3. The molecule has 106 valence electrons. The number of carboxylic acid groups (broad SMARTS) is 1. The van der Waals surface area contributed by atoms with Crippen LogP contribution in [0.2, 0.25) is 0 Å². The van der Waals surface area contributed by atoms with E-state index in [4.69, 9.17) is 9.63 Å². The van der Waals surface area contributed by atoms with Gasteiger partial charge in [-0.3, -0.25) is 0 Å². The SMILES string of the molecule is CC(C)N1CCC(CNCc2cc(C(=O)O)no2)C1. The van der Waals surface area contributed by atoms with Gasteiger partial charge in [-0.2, -0.15) is 0 Å². The van der Waals surface area contributed by atoms with Crippen LogP contribution < -0.4 is 5.32 Å². The Balaban J connectivity index is 1.70. The number of hydrogen-bond acceptors (Lipinski definition) is 5. The van der Waals surface area contributed by atoms with E-state index in [0.29, 0.717) is 24.3 Å². The van der Waals surface area contributed by atoms with Crippen molar-refractivity contribution < 1.29 is 14.4 Å². The zero-order chi connectivity index (χ0) is 13.8. The smallest absolute Gasteiger partial charge is 0.358 e. The van der Waals surface area contributed by atoms with E-state index in [0.717, 1.165) is 19.6 Å². The number of carboxylic acids is 1. The van der Waals surface area contributed by atoms with Gasteiger partial charge in [-0.25, -0.2) is 4.79 Å². The zero-order valence-electron chi connectivity index (χ0n) is 11.4. The van der Waals surface area contributed by atoms with Gasteiger partial charge in [0.15, 0.2) is 11.5 Å². The summed E-state index contributed by atoms with van der Waals surface area (Å²) < 4.78 is 4.95. The molecule has 0 amide bonds. The van der Waals surface area contributed by atoms with Crippen LogP contribution in [0.4, 0.5) is 0 Å². The number of rotatable bonds is 6. The molecule has 2 rings (SSSR count). The molecule has 0 aliphatic carbocycles. The Morgan fingerprint density at radius 1 is 1.68 bits per heavy atom. The second-order valence-electron chi connectivity index (χ2n) is 5.36. The maximum atomic E-state index is 10.6. The summed E-state index contributed by atoms with van der Waals surface area (Å²) in [5, 5.41) is 15.5. The Kier molecular flexibility index (Phi) is 4.55. The minimum atomic E-state index is -1.06. The fourth-order valence-corrected chi connectivity index (χ4v) is 2.39. The summed E-state index contributed by atoms with van der Waals surface area (Å²) in [6.45, 7) is 8.18. The average Bonchev–Trinajstić information content (AvgIpc) is 2.97. The molecule has 1 fully saturated rings. The highest BCUT2D eigenvalue weighted by atomic mass is 16.5. The molecule has 0 bridgehead atoms. The third-order valence-corrected chi connectivity index (χ3v) is 3.56. The van der Waals surface area contributed by atoms with Crippen molar-refractivity contribution in [2.75, 3.05) is 19.6 Å². The van der Waals surface area contributed by atoms with Crippen molar-refractivity contribution in [3.63, 3.8) is 0 Å². The lowest BCUT2D eigenvalue weighted by molar-refractivity contribution is 0.0685. The highest BCUT2D eigenvalue weighted by Gasteiger charge is 2.23. The molecule has 1 atom stereocenters. The van der Waals surface area contributed by atoms with E-state index in [1.807, 2.05) is 0 Å². The van der Waals surface area contributed by atoms with Gasteiger partial charge >= 0.3 is 5.97 Å². The normalized spacial score (nSPS) is 20.3. The van der Waals surface area contributed by atoms with Crippen LogP contribution in [0.1, 0.15) is 36.5 Å². The minimum absolute atomic E-state index is 0.0383. The van der Waals surface area contributed by atoms with Crippen LogP contribution >= 0.6 is 0 Å². The van der Waals surface area contributed by atoms with Crippen molar-refractivity contribution in [1.29, 1.82) is 0 Å². The van der Waals surface area contributed by atoms with Crippen LogP contribution in [0.15, 0.2) is 10.6 Å². The fourth-order valence-electron chi connectivity index (χ4n) is 2.39. The second kappa shape index (κ2) is 6.16. The summed E-state index contributed by atoms with van der Waals surface area (Å²) in [5.74, 6) is 0.166.